The summed E-state index contributed by atoms with van der Waals surface area (Å²) >= 11 is 0. The first-order chi connectivity index (χ1) is 6.63. The van der Waals surface area contributed by atoms with Crippen LogP contribution in [0.25, 0.3) is 0 Å². The number of rotatable bonds is 5. The first kappa shape index (κ1) is 11.2. The van der Waals surface area contributed by atoms with Crippen molar-refractivity contribution in [3.8, 4) is 0 Å². The van der Waals surface area contributed by atoms with Gasteiger partial charge in [-0.15, -0.1) is 0 Å². The summed E-state index contributed by atoms with van der Waals surface area (Å²) in [6.07, 6.45) is 2.66. The van der Waals surface area contributed by atoms with Crippen LogP contribution in [-0.4, -0.2) is 37.6 Å². The van der Waals surface area contributed by atoms with Crippen molar-refractivity contribution in [1.82, 2.24) is 15.2 Å². The largest absolute Gasteiger partial charge is 0.444 e. The van der Waals surface area contributed by atoms with Gasteiger partial charge in [-0.25, -0.2) is 4.98 Å². The van der Waals surface area contributed by atoms with E-state index in [-0.39, 0.29) is 6.04 Å². The molecule has 0 saturated heterocycles. The summed E-state index contributed by atoms with van der Waals surface area (Å²) in [6, 6.07) is 0.232. The predicted molar refractivity (Wildman–Crippen MR) is 56.2 cm³/mol. The highest BCUT2D eigenvalue weighted by atomic mass is 16.4. The fourth-order valence-corrected chi connectivity index (χ4v) is 1.10. The number of oxazole rings is 1. The topological polar surface area (TPSA) is 41.3 Å². The molecule has 80 valence electrons. The third kappa shape index (κ3) is 3.12. The van der Waals surface area contributed by atoms with Gasteiger partial charge >= 0.3 is 0 Å². The van der Waals surface area contributed by atoms with Crippen molar-refractivity contribution in [3.05, 3.63) is 17.8 Å². The maximum absolute atomic E-state index is 5.59. The quantitative estimate of drug-likeness (QED) is 0.766. The van der Waals surface area contributed by atoms with E-state index in [9.17, 15) is 0 Å². The van der Waals surface area contributed by atoms with Crippen molar-refractivity contribution < 1.29 is 4.42 Å². The van der Waals surface area contributed by atoms with Crippen LogP contribution in [0.3, 0.4) is 0 Å². The average molecular weight is 197 g/mol. The van der Waals surface area contributed by atoms with Crippen LogP contribution in [0.5, 0.6) is 0 Å². The molecule has 0 aliphatic rings. The molecule has 1 rings (SSSR count). The maximum Gasteiger partial charge on any atom is 0.195 e. The summed E-state index contributed by atoms with van der Waals surface area (Å²) in [5.74, 6) is 1.72. The van der Waals surface area contributed by atoms with E-state index in [1.165, 1.54) is 0 Å². The molecule has 0 aliphatic carbocycles. The number of nitrogens with zero attached hydrogens (tertiary/aromatic N) is 2. The Morgan fingerprint density at radius 1 is 1.57 bits per heavy atom. The molecule has 4 heteroatoms. The van der Waals surface area contributed by atoms with Crippen LogP contribution in [0, 0.1) is 0 Å². The third-order valence-electron chi connectivity index (χ3n) is 2.20. The van der Waals surface area contributed by atoms with Gasteiger partial charge in [-0.3, -0.25) is 0 Å². The second-order valence-electron chi connectivity index (χ2n) is 3.72. The molecule has 0 aromatic carbocycles. The summed E-state index contributed by atoms with van der Waals surface area (Å²) in [5.41, 5.74) is 0. The standard InChI is InChI=1S/C10H19N3O/c1-8(11-2)9-7-12-10(14-9)5-6-13(3)4/h7-8,11H,5-6H2,1-4H3. The Bertz CT molecular complexity index is 270. The monoisotopic (exact) mass is 197 g/mol. The van der Waals surface area contributed by atoms with Crippen molar-refractivity contribution in [1.29, 1.82) is 0 Å². The maximum atomic E-state index is 5.59. The van der Waals surface area contributed by atoms with Gasteiger partial charge in [-0.1, -0.05) is 0 Å². The molecule has 1 aromatic heterocycles. The molecule has 1 aromatic rings. The highest BCUT2D eigenvalue weighted by molar-refractivity contribution is 4.99. The smallest absolute Gasteiger partial charge is 0.195 e. The van der Waals surface area contributed by atoms with Crippen molar-refractivity contribution in [2.24, 2.45) is 0 Å². The van der Waals surface area contributed by atoms with Gasteiger partial charge in [0.2, 0.25) is 0 Å². The summed E-state index contributed by atoms with van der Waals surface area (Å²) in [7, 11) is 5.99. The molecule has 0 bridgehead atoms. The summed E-state index contributed by atoms with van der Waals surface area (Å²) in [6.45, 7) is 3.02. The Hall–Kier alpha value is -0.870. The van der Waals surface area contributed by atoms with Gasteiger partial charge in [0.1, 0.15) is 5.76 Å². The molecule has 0 spiro atoms. The van der Waals surface area contributed by atoms with Gasteiger partial charge in [0.15, 0.2) is 5.89 Å². The molecular weight excluding hydrogens is 178 g/mol. The summed E-state index contributed by atoms with van der Waals surface area (Å²) in [4.78, 5) is 6.34. The highest BCUT2D eigenvalue weighted by Gasteiger charge is 2.09. The number of nitrogens with one attached hydrogen (secondary N) is 1. The Morgan fingerprint density at radius 2 is 2.29 bits per heavy atom. The minimum Gasteiger partial charge on any atom is -0.444 e. The van der Waals surface area contributed by atoms with Gasteiger partial charge in [0, 0.05) is 13.0 Å². The molecular formula is C10H19N3O. The Morgan fingerprint density at radius 3 is 2.86 bits per heavy atom. The molecule has 0 amide bonds. The highest BCUT2D eigenvalue weighted by Crippen LogP contribution is 2.13. The fraction of sp³-hybridized carbons (Fsp3) is 0.700. The van der Waals surface area contributed by atoms with Crippen molar-refractivity contribution in [2.45, 2.75) is 19.4 Å². The number of likely N-dealkylation sites (N-methyl/N-ethyl adjacent to an activating group) is 1. The summed E-state index contributed by atoms with van der Waals surface area (Å²) < 4.78 is 5.59. The Kier molecular flexibility index (Phi) is 4.10. The van der Waals surface area contributed by atoms with E-state index in [1.54, 1.807) is 6.20 Å². The van der Waals surface area contributed by atoms with E-state index in [2.05, 4.69) is 22.1 Å². The lowest BCUT2D eigenvalue weighted by molar-refractivity contribution is 0.366. The van der Waals surface area contributed by atoms with E-state index >= 15 is 0 Å². The number of aromatic nitrogens is 1. The molecule has 0 fully saturated rings. The lowest BCUT2D eigenvalue weighted by Gasteiger charge is -2.07. The number of hydrogen-bond donors (Lipinski definition) is 1. The zero-order valence-electron chi connectivity index (χ0n) is 9.37. The average Bonchev–Trinajstić information content (AvgIpc) is 2.62. The van der Waals surface area contributed by atoms with E-state index in [1.807, 2.05) is 21.1 Å². The first-order valence-electron chi connectivity index (χ1n) is 4.90. The van der Waals surface area contributed by atoms with Crippen LogP contribution in [0.4, 0.5) is 0 Å². The molecule has 0 aliphatic heterocycles. The van der Waals surface area contributed by atoms with Crippen molar-refractivity contribution in [3.63, 3.8) is 0 Å². The van der Waals surface area contributed by atoms with Gasteiger partial charge in [-0.2, -0.15) is 0 Å². The van der Waals surface area contributed by atoms with Crippen LogP contribution < -0.4 is 5.32 Å². The lowest BCUT2D eigenvalue weighted by atomic mass is 10.3. The van der Waals surface area contributed by atoms with Gasteiger partial charge in [-0.05, 0) is 28.1 Å². The van der Waals surface area contributed by atoms with Crippen LogP contribution in [0.2, 0.25) is 0 Å². The molecule has 1 unspecified atom stereocenters. The molecule has 4 nitrogen and oxygen atoms in total. The molecule has 14 heavy (non-hydrogen) atoms. The lowest BCUT2D eigenvalue weighted by Crippen LogP contribution is -2.15. The predicted octanol–water partition coefficient (Wildman–Crippen LogP) is 1.06. The molecule has 1 atom stereocenters. The first-order valence-corrected chi connectivity index (χ1v) is 4.90. The Balaban J connectivity index is 2.50. The van der Waals surface area contributed by atoms with Gasteiger partial charge in [0.25, 0.3) is 0 Å². The zero-order valence-corrected chi connectivity index (χ0v) is 9.37. The van der Waals surface area contributed by atoms with Crippen LogP contribution in [-0.2, 0) is 6.42 Å². The van der Waals surface area contributed by atoms with E-state index < -0.39 is 0 Å². The van der Waals surface area contributed by atoms with Crippen LogP contribution >= 0.6 is 0 Å². The molecule has 1 heterocycles. The second-order valence-corrected chi connectivity index (χ2v) is 3.72. The minimum absolute atomic E-state index is 0.232. The van der Waals surface area contributed by atoms with E-state index in [0.717, 1.165) is 24.6 Å². The molecule has 1 N–H and O–H groups in total. The third-order valence-corrected chi connectivity index (χ3v) is 2.20. The van der Waals surface area contributed by atoms with Crippen LogP contribution in [0.1, 0.15) is 24.6 Å². The van der Waals surface area contributed by atoms with Gasteiger partial charge in [0.05, 0.1) is 12.2 Å². The zero-order chi connectivity index (χ0) is 10.6. The number of hydrogen-bond acceptors (Lipinski definition) is 4. The Labute approximate surface area is 85.3 Å². The SMILES string of the molecule is CNC(C)c1cnc(CCN(C)C)o1. The molecule has 0 radical (unpaired) electrons. The van der Waals surface area contributed by atoms with Crippen molar-refractivity contribution >= 4 is 0 Å². The fourth-order valence-electron chi connectivity index (χ4n) is 1.10. The van der Waals surface area contributed by atoms with E-state index in [4.69, 9.17) is 4.42 Å². The second kappa shape index (κ2) is 5.12. The minimum atomic E-state index is 0.232. The van der Waals surface area contributed by atoms with Crippen molar-refractivity contribution in [2.75, 3.05) is 27.7 Å². The normalized spacial score (nSPS) is 13.5. The summed E-state index contributed by atoms with van der Waals surface area (Å²) in [5, 5.41) is 3.12. The van der Waals surface area contributed by atoms with Crippen LogP contribution in [0.15, 0.2) is 10.6 Å². The van der Waals surface area contributed by atoms with E-state index in [0.29, 0.717) is 0 Å². The molecule has 0 saturated carbocycles. The van der Waals surface area contributed by atoms with Gasteiger partial charge < -0.3 is 14.6 Å².